The number of nitrogens with two attached hydrogens (primary N) is 1. The quantitative estimate of drug-likeness (QED) is 0.735. The van der Waals surface area contributed by atoms with Crippen LogP contribution in [0.1, 0.15) is 5.56 Å². The number of methoxy groups -OCH3 is 1. The van der Waals surface area contributed by atoms with Gasteiger partial charge in [-0.25, -0.2) is 0 Å². The monoisotopic (exact) mass is 182 g/mol. The molecule has 4 heteroatoms. The molecule has 72 valence electrons. The lowest BCUT2D eigenvalue weighted by Gasteiger charge is -2.06. The zero-order chi connectivity index (χ0) is 9.84. The molecule has 2 N–H and O–H groups in total. The van der Waals surface area contributed by atoms with E-state index in [9.17, 15) is 4.79 Å². The van der Waals surface area contributed by atoms with Gasteiger partial charge in [0, 0.05) is 25.9 Å². The minimum Gasteiger partial charge on any atom is -0.397 e. The molecule has 0 aromatic carbocycles. The van der Waals surface area contributed by atoms with Crippen molar-refractivity contribution in [3.05, 3.63) is 28.2 Å². The minimum atomic E-state index is -0.0382. The van der Waals surface area contributed by atoms with Crippen molar-refractivity contribution < 1.29 is 4.74 Å². The summed E-state index contributed by atoms with van der Waals surface area (Å²) in [5.41, 5.74) is 7.08. The predicted molar refractivity (Wildman–Crippen MR) is 51.7 cm³/mol. The number of anilines is 1. The predicted octanol–water partition coefficient (Wildman–Crippen LogP) is 0.385. The maximum absolute atomic E-state index is 11.3. The van der Waals surface area contributed by atoms with Gasteiger partial charge in [-0.1, -0.05) is 0 Å². The largest absolute Gasteiger partial charge is 0.397 e. The number of nitrogens with zero attached hydrogens (tertiary/aromatic N) is 1. The van der Waals surface area contributed by atoms with Gasteiger partial charge in [0.05, 0.1) is 12.3 Å². The molecule has 0 unspecified atom stereocenters. The molecule has 0 aliphatic heterocycles. The Labute approximate surface area is 76.9 Å². The first-order valence-electron chi connectivity index (χ1n) is 4.10. The summed E-state index contributed by atoms with van der Waals surface area (Å²) in [6, 6.07) is 1.53. The molecule has 13 heavy (non-hydrogen) atoms. The number of rotatable bonds is 3. The zero-order valence-corrected chi connectivity index (χ0v) is 7.91. The highest BCUT2D eigenvalue weighted by Gasteiger charge is 1.99. The average Bonchev–Trinajstić information content (AvgIpc) is 2.09. The van der Waals surface area contributed by atoms with Crippen LogP contribution in [0, 0.1) is 6.92 Å². The van der Waals surface area contributed by atoms with Gasteiger partial charge in [0.1, 0.15) is 0 Å². The lowest BCUT2D eigenvalue weighted by molar-refractivity contribution is 0.186. The van der Waals surface area contributed by atoms with Crippen molar-refractivity contribution >= 4 is 5.69 Å². The first kappa shape index (κ1) is 9.80. The summed E-state index contributed by atoms with van der Waals surface area (Å²) < 4.78 is 6.42. The Bertz CT molecular complexity index is 344. The molecule has 0 saturated heterocycles. The Morgan fingerprint density at radius 3 is 2.92 bits per heavy atom. The summed E-state index contributed by atoms with van der Waals surface area (Å²) >= 11 is 0. The Kier molecular flexibility index (Phi) is 3.08. The number of hydrogen-bond donors (Lipinski definition) is 1. The molecule has 0 spiro atoms. The van der Waals surface area contributed by atoms with E-state index in [-0.39, 0.29) is 5.56 Å². The third-order valence-corrected chi connectivity index (χ3v) is 1.91. The molecule has 0 amide bonds. The van der Waals surface area contributed by atoms with Crippen LogP contribution in [0.3, 0.4) is 0 Å². The molecule has 1 aromatic heterocycles. The van der Waals surface area contributed by atoms with Crippen molar-refractivity contribution in [2.24, 2.45) is 0 Å². The van der Waals surface area contributed by atoms with Gasteiger partial charge in [-0.2, -0.15) is 0 Å². The van der Waals surface area contributed by atoms with Gasteiger partial charge >= 0.3 is 0 Å². The van der Waals surface area contributed by atoms with Gasteiger partial charge in [-0.15, -0.1) is 0 Å². The number of pyridine rings is 1. The summed E-state index contributed by atoms with van der Waals surface area (Å²) in [6.45, 7) is 2.87. The lowest BCUT2D eigenvalue weighted by atomic mass is 10.2. The van der Waals surface area contributed by atoms with E-state index in [0.29, 0.717) is 18.8 Å². The summed E-state index contributed by atoms with van der Waals surface area (Å²) in [5, 5.41) is 0. The Morgan fingerprint density at radius 2 is 2.31 bits per heavy atom. The zero-order valence-electron chi connectivity index (χ0n) is 7.91. The highest BCUT2D eigenvalue weighted by Crippen LogP contribution is 2.04. The van der Waals surface area contributed by atoms with Crippen LogP contribution in [-0.4, -0.2) is 18.3 Å². The molecule has 1 heterocycles. The van der Waals surface area contributed by atoms with Crippen molar-refractivity contribution in [3.63, 3.8) is 0 Å². The van der Waals surface area contributed by atoms with Crippen LogP contribution in [0.4, 0.5) is 5.69 Å². The molecule has 0 aliphatic carbocycles. The Hall–Kier alpha value is -1.29. The van der Waals surface area contributed by atoms with Crippen molar-refractivity contribution in [2.45, 2.75) is 13.5 Å². The van der Waals surface area contributed by atoms with Gasteiger partial charge < -0.3 is 15.0 Å². The highest BCUT2D eigenvalue weighted by molar-refractivity contribution is 5.42. The van der Waals surface area contributed by atoms with Gasteiger partial charge in [0.2, 0.25) is 0 Å². The molecule has 0 atom stereocenters. The van der Waals surface area contributed by atoms with E-state index < -0.39 is 0 Å². The molecule has 4 nitrogen and oxygen atoms in total. The van der Waals surface area contributed by atoms with E-state index in [4.69, 9.17) is 10.5 Å². The Morgan fingerprint density at radius 1 is 1.62 bits per heavy atom. The smallest absolute Gasteiger partial charge is 0.250 e. The summed E-state index contributed by atoms with van der Waals surface area (Å²) in [6.07, 6.45) is 1.65. The Balaban J connectivity index is 2.95. The third kappa shape index (κ3) is 2.32. The molecule has 1 rings (SSSR count). The van der Waals surface area contributed by atoms with Crippen LogP contribution in [0.5, 0.6) is 0 Å². The fourth-order valence-electron chi connectivity index (χ4n) is 1.05. The first-order chi connectivity index (χ1) is 6.15. The number of ether oxygens (including phenoxy) is 1. The summed E-state index contributed by atoms with van der Waals surface area (Å²) in [5.74, 6) is 0. The second-order valence-corrected chi connectivity index (χ2v) is 2.94. The number of nitrogen functional groups attached to an aromatic ring is 1. The topological polar surface area (TPSA) is 57.2 Å². The van der Waals surface area contributed by atoms with Crippen LogP contribution in [-0.2, 0) is 11.3 Å². The number of aromatic nitrogens is 1. The maximum Gasteiger partial charge on any atom is 0.250 e. The highest BCUT2D eigenvalue weighted by atomic mass is 16.5. The van der Waals surface area contributed by atoms with Crippen LogP contribution in [0.15, 0.2) is 17.1 Å². The fourth-order valence-corrected chi connectivity index (χ4v) is 1.05. The normalized spacial score (nSPS) is 10.3. The third-order valence-electron chi connectivity index (χ3n) is 1.91. The van der Waals surface area contributed by atoms with Crippen molar-refractivity contribution in [3.8, 4) is 0 Å². The average molecular weight is 182 g/mol. The van der Waals surface area contributed by atoms with E-state index in [1.165, 1.54) is 6.07 Å². The molecule has 0 aliphatic rings. The maximum atomic E-state index is 11.3. The van der Waals surface area contributed by atoms with Crippen molar-refractivity contribution in [1.82, 2.24) is 4.57 Å². The lowest BCUT2D eigenvalue weighted by Crippen LogP contribution is -2.22. The first-order valence-corrected chi connectivity index (χ1v) is 4.10. The SMILES string of the molecule is COCCn1cc(N)c(C)cc1=O. The van der Waals surface area contributed by atoms with Gasteiger partial charge in [-0.05, 0) is 12.5 Å². The summed E-state index contributed by atoms with van der Waals surface area (Å²) in [7, 11) is 1.60. The van der Waals surface area contributed by atoms with E-state index >= 15 is 0 Å². The van der Waals surface area contributed by atoms with Crippen LogP contribution in [0.25, 0.3) is 0 Å². The van der Waals surface area contributed by atoms with Crippen molar-refractivity contribution in [2.75, 3.05) is 19.5 Å². The molecule has 1 aromatic rings. The second-order valence-electron chi connectivity index (χ2n) is 2.94. The molecule has 0 radical (unpaired) electrons. The standard InChI is InChI=1S/C9H14N2O2/c1-7-5-9(12)11(3-4-13-2)6-8(7)10/h5-6H,3-4,10H2,1-2H3. The molecular weight excluding hydrogens is 168 g/mol. The molecule has 0 saturated carbocycles. The fraction of sp³-hybridized carbons (Fsp3) is 0.444. The van der Waals surface area contributed by atoms with Gasteiger partial charge in [0.25, 0.3) is 5.56 Å². The van der Waals surface area contributed by atoms with E-state index in [1.54, 1.807) is 17.9 Å². The van der Waals surface area contributed by atoms with Gasteiger partial charge in [0.15, 0.2) is 0 Å². The van der Waals surface area contributed by atoms with Crippen LogP contribution >= 0.6 is 0 Å². The summed E-state index contributed by atoms with van der Waals surface area (Å²) in [4.78, 5) is 11.3. The number of aryl methyl sites for hydroxylation is 1. The molecule has 0 fully saturated rings. The minimum absolute atomic E-state index is 0.0382. The molecular formula is C9H14N2O2. The van der Waals surface area contributed by atoms with Crippen LogP contribution in [0.2, 0.25) is 0 Å². The number of hydrogen-bond acceptors (Lipinski definition) is 3. The van der Waals surface area contributed by atoms with Crippen molar-refractivity contribution in [1.29, 1.82) is 0 Å². The van der Waals surface area contributed by atoms with E-state index in [1.807, 2.05) is 6.92 Å². The van der Waals surface area contributed by atoms with Gasteiger partial charge in [-0.3, -0.25) is 4.79 Å². The second kappa shape index (κ2) is 4.09. The molecule has 0 bridgehead atoms. The van der Waals surface area contributed by atoms with E-state index in [2.05, 4.69) is 0 Å². The van der Waals surface area contributed by atoms with Crippen LogP contribution < -0.4 is 11.3 Å². The van der Waals surface area contributed by atoms with E-state index in [0.717, 1.165) is 5.56 Å².